The number of aromatic hydroxyl groups is 9. The second-order valence-electron chi connectivity index (χ2n) is 26.7. The molecule has 15 aromatic rings. The van der Waals surface area contributed by atoms with Crippen LogP contribution in [0.25, 0.3) is 22.3 Å². The van der Waals surface area contributed by atoms with E-state index in [1.54, 1.807) is 218 Å². The Hall–Kier alpha value is -13.5. The minimum absolute atomic E-state index is 0. The molecule has 9 nitrogen and oxygen atoms in total. The Morgan fingerprint density at radius 3 is 0.248 bits per heavy atom. The van der Waals surface area contributed by atoms with Crippen LogP contribution in [0.4, 0.5) is 0 Å². The van der Waals surface area contributed by atoms with Crippen molar-refractivity contribution in [2.24, 2.45) is 0 Å². The Morgan fingerprint density at radius 2 is 0.192 bits per heavy atom. The lowest BCUT2D eigenvalue weighted by Crippen LogP contribution is -1.83. The summed E-state index contributed by atoms with van der Waals surface area (Å²) >= 11 is 0. The fourth-order valence-corrected chi connectivity index (χ4v) is 9.60. The molecule has 0 aliphatic heterocycles. The van der Waals surface area contributed by atoms with Gasteiger partial charge in [0, 0.05) is 0 Å². The van der Waals surface area contributed by atoms with Gasteiger partial charge in [0.25, 0.3) is 0 Å². The third-order valence-corrected chi connectivity index (χ3v) is 16.6. The predicted octanol–water partition coefficient (Wildman–Crippen LogP) is 32.5. The second kappa shape index (κ2) is 80.2. The average Bonchev–Trinajstić information content (AvgIpc) is 0.859. The first-order chi connectivity index (χ1) is 58.8. The summed E-state index contributed by atoms with van der Waals surface area (Å²) in [4.78, 5) is 0. The van der Waals surface area contributed by atoms with Gasteiger partial charge in [-0.3, -0.25) is 0 Å². The molecule has 0 saturated carbocycles. The van der Waals surface area contributed by atoms with Crippen molar-refractivity contribution in [3.63, 3.8) is 0 Å². The molecule has 9 N–H and O–H groups in total. The fourth-order valence-electron chi connectivity index (χ4n) is 9.60. The first-order valence-corrected chi connectivity index (χ1v) is 42.0. The van der Waals surface area contributed by atoms with E-state index in [0.29, 0.717) is 51.7 Å². The molecular weight excluding hydrogens is 1540 g/mol. The largest absolute Gasteiger partial charge is 0.508 e. The number of rotatable bonds is 10. The molecule has 125 heavy (non-hydrogen) atoms. The minimum Gasteiger partial charge on any atom is -0.508 e. The standard InChI is InChI=1S/2C16H18.2C10H14.9C6H6O.2C3H8.4CH4/c2*1-3-13-5-9-15(10-6-13)16-11-7-14(4-2)8-12-16;2*1-3-9-5-7-10(4-2)8-6-9;9*7-6-4-2-1-3-5-6;2*1-3-2;;;;/h2*5-12H,3-4H2,1-2H3;2*5-8H,3-4H2,1-2H3;9*1-5,7H;2*3H2,1-2H3;4*1H4. The number of phenolic OH excluding ortho intramolecular Hbond substituents is 9. The minimum atomic E-state index is 0. The van der Waals surface area contributed by atoms with Crippen LogP contribution >= 0.6 is 0 Å². The molecule has 0 aliphatic rings. The summed E-state index contributed by atoms with van der Waals surface area (Å²) in [5, 5.41) is 77.7. The van der Waals surface area contributed by atoms with Gasteiger partial charge in [0.05, 0.1) is 0 Å². The van der Waals surface area contributed by atoms with Crippen LogP contribution in [0.3, 0.4) is 0 Å². The van der Waals surface area contributed by atoms with Gasteiger partial charge in [-0.15, -0.1) is 0 Å². The topological polar surface area (TPSA) is 182 Å². The molecule has 0 bridgehead atoms. The molecule has 0 heterocycles. The van der Waals surface area contributed by atoms with Crippen LogP contribution in [0.5, 0.6) is 51.7 Å². The highest BCUT2D eigenvalue weighted by Crippen LogP contribution is 2.23. The van der Waals surface area contributed by atoms with Gasteiger partial charge in [0.1, 0.15) is 51.7 Å². The van der Waals surface area contributed by atoms with E-state index in [9.17, 15) is 0 Å². The number of benzene rings is 15. The van der Waals surface area contributed by atoms with E-state index in [-0.39, 0.29) is 29.7 Å². The Bertz CT molecular complexity index is 3890. The Morgan fingerprint density at radius 1 is 0.120 bits per heavy atom. The average molecular weight is 1690 g/mol. The molecule has 0 saturated heterocycles. The van der Waals surface area contributed by atoms with Gasteiger partial charge in [-0.25, -0.2) is 0 Å². The molecule has 9 heteroatoms. The molecule has 0 amide bonds. The normalized spacial score (nSPS) is 8.83. The van der Waals surface area contributed by atoms with E-state index < -0.39 is 0 Å². The highest BCUT2D eigenvalue weighted by Gasteiger charge is 2.00. The van der Waals surface area contributed by atoms with E-state index in [1.807, 2.05) is 54.6 Å². The maximum absolute atomic E-state index is 8.63. The zero-order chi connectivity index (χ0) is 89.0. The van der Waals surface area contributed by atoms with Gasteiger partial charge in [0.15, 0.2) is 0 Å². The van der Waals surface area contributed by atoms with Crippen molar-refractivity contribution in [1.29, 1.82) is 0 Å². The molecular formula is C116H150O9. The number of hydrogen-bond acceptors (Lipinski definition) is 9. The summed E-state index contributed by atoms with van der Waals surface area (Å²) in [7, 11) is 0. The summed E-state index contributed by atoms with van der Waals surface area (Å²) < 4.78 is 0. The molecule has 15 aromatic carbocycles. The van der Waals surface area contributed by atoms with Gasteiger partial charge in [-0.2, -0.15) is 0 Å². The lowest BCUT2D eigenvalue weighted by Gasteiger charge is -2.04. The fraction of sp³-hybridized carbons (Fsp3) is 0.224. The quantitative estimate of drug-likeness (QED) is 0.0644. The zero-order valence-corrected chi connectivity index (χ0v) is 73.4. The van der Waals surface area contributed by atoms with Crippen LogP contribution in [-0.2, 0) is 51.4 Å². The molecule has 0 unspecified atom stereocenters. The summed E-state index contributed by atoms with van der Waals surface area (Å²) in [5.41, 5.74) is 16.5. The van der Waals surface area contributed by atoms with Crippen molar-refractivity contribution >= 4 is 0 Å². The first kappa shape index (κ1) is 118. The van der Waals surface area contributed by atoms with Crippen molar-refractivity contribution in [2.45, 2.75) is 177 Å². The predicted molar refractivity (Wildman–Crippen MR) is 543 cm³/mol. The van der Waals surface area contributed by atoms with Gasteiger partial charge >= 0.3 is 0 Å². The summed E-state index contributed by atoms with van der Waals surface area (Å²) in [6.07, 6.45) is 11.5. The number of phenols is 9. The van der Waals surface area contributed by atoms with E-state index in [1.165, 1.54) is 79.6 Å². The van der Waals surface area contributed by atoms with E-state index in [2.05, 4.69) is 229 Å². The SMILES string of the molecule is C.C.C.C.CCC.CCC.CCc1ccc(-c2ccc(CC)cc2)cc1.CCc1ccc(-c2ccc(CC)cc2)cc1.CCc1ccc(CC)cc1.CCc1ccc(CC)cc1.Oc1ccccc1.Oc1ccccc1.Oc1ccccc1.Oc1ccccc1.Oc1ccccc1.Oc1ccccc1.Oc1ccccc1.Oc1ccccc1.Oc1ccccc1. The molecule has 0 radical (unpaired) electrons. The summed E-state index contributed by atoms with van der Waals surface area (Å²) in [6.45, 7) is 26.0. The maximum Gasteiger partial charge on any atom is 0.115 e. The number of para-hydroxylation sites is 9. The number of aryl methyl sites for hydroxylation is 8. The second-order valence-corrected chi connectivity index (χ2v) is 26.7. The first-order valence-electron chi connectivity index (χ1n) is 42.0. The van der Waals surface area contributed by atoms with Crippen LogP contribution in [0.2, 0.25) is 0 Å². The van der Waals surface area contributed by atoms with Gasteiger partial charge < -0.3 is 46.0 Å². The van der Waals surface area contributed by atoms with Gasteiger partial charge in [-0.1, -0.05) is 435 Å². The summed E-state index contributed by atoms with van der Waals surface area (Å²) in [6, 6.07) is 131. The van der Waals surface area contributed by atoms with Crippen LogP contribution in [-0.4, -0.2) is 46.0 Å². The Kier molecular flexibility index (Phi) is 75.6. The van der Waals surface area contributed by atoms with Crippen molar-refractivity contribution in [2.75, 3.05) is 0 Å². The van der Waals surface area contributed by atoms with Crippen LogP contribution in [0, 0.1) is 0 Å². The van der Waals surface area contributed by atoms with Crippen LogP contribution in [0.15, 0.2) is 419 Å². The monoisotopic (exact) mass is 1690 g/mol. The lowest BCUT2D eigenvalue weighted by atomic mass is 10.0. The van der Waals surface area contributed by atoms with Crippen molar-refractivity contribution in [3.8, 4) is 74.0 Å². The third kappa shape index (κ3) is 64.1. The van der Waals surface area contributed by atoms with E-state index >= 15 is 0 Å². The molecule has 668 valence electrons. The Balaban J connectivity index is -0.000000637. The molecule has 0 atom stereocenters. The highest BCUT2D eigenvalue weighted by atomic mass is 16.3. The number of hydrogen-bond donors (Lipinski definition) is 9. The molecule has 0 aromatic heterocycles. The molecule has 0 fully saturated rings. The zero-order valence-electron chi connectivity index (χ0n) is 73.4. The molecule has 0 aliphatic carbocycles. The third-order valence-electron chi connectivity index (χ3n) is 16.6. The van der Waals surface area contributed by atoms with Crippen LogP contribution in [0.1, 0.15) is 170 Å². The summed E-state index contributed by atoms with van der Waals surface area (Å²) in [5.74, 6) is 2.90. The maximum atomic E-state index is 8.63. The molecule has 0 spiro atoms. The lowest BCUT2D eigenvalue weighted by molar-refractivity contribution is 0.475. The Labute approximate surface area is 755 Å². The smallest absolute Gasteiger partial charge is 0.115 e. The van der Waals surface area contributed by atoms with Crippen molar-refractivity contribution in [3.05, 3.63) is 463 Å². The van der Waals surface area contributed by atoms with E-state index in [0.717, 1.165) is 51.4 Å². The highest BCUT2D eigenvalue weighted by molar-refractivity contribution is 5.65. The molecule has 15 rings (SSSR count). The van der Waals surface area contributed by atoms with Gasteiger partial charge in [-0.05, 0) is 227 Å². The van der Waals surface area contributed by atoms with Crippen LogP contribution < -0.4 is 0 Å². The van der Waals surface area contributed by atoms with E-state index in [4.69, 9.17) is 46.0 Å². The van der Waals surface area contributed by atoms with Crippen molar-refractivity contribution < 1.29 is 46.0 Å². The van der Waals surface area contributed by atoms with Crippen molar-refractivity contribution in [1.82, 2.24) is 0 Å². The van der Waals surface area contributed by atoms with Gasteiger partial charge in [0.2, 0.25) is 0 Å².